The van der Waals surface area contributed by atoms with Gasteiger partial charge in [-0.3, -0.25) is 5.41 Å². The summed E-state index contributed by atoms with van der Waals surface area (Å²) in [6, 6.07) is 16.1. The first-order valence-corrected chi connectivity index (χ1v) is 9.48. The zero-order valence-electron chi connectivity index (χ0n) is 15.8. The van der Waals surface area contributed by atoms with Crippen LogP contribution >= 0.6 is 0 Å². The zero-order chi connectivity index (χ0) is 20.2. The number of amidine groups is 1. The van der Waals surface area contributed by atoms with Crippen LogP contribution in [0.5, 0.6) is 0 Å². The Bertz CT molecular complexity index is 1110. The van der Waals surface area contributed by atoms with Crippen molar-refractivity contribution in [2.24, 2.45) is 0 Å². The van der Waals surface area contributed by atoms with Gasteiger partial charge in [0, 0.05) is 12.1 Å². The first kappa shape index (κ1) is 18.6. The van der Waals surface area contributed by atoms with Crippen molar-refractivity contribution in [1.82, 2.24) is 14.9 Å². The predicted octanol–water partition coefficient (Wildman–Crippen LogP) is 4.92. The number of imidazole rings is 1. The molecule has 1 aliphatic heterocycles. The average molecular weight is 385 g/mol. The molecule has 1 fully saturated rings. The van der Waals surface area contributed by atoms with Gasteiger partial charge in [-0.25, -0.2) is 9.37 Å². The summed E-state index contributed by atoms with van der Waals surface area (Å²) in [5.74, 6) is 0.759. The van der Waals surface area contributed by atoms with E-state index >= 15 is 0 Å². The highest BCUT2D eigenvalue weighted by atomic mass is 19.1. The molecule has 0 amide bonds. The monoisotopic (exact) mass is 385 g/mol. The van der Waals surface area contributed by atoms with Gasteiger partial charge in [-0.15, -0.1) is 0 Å². The molecule has 0 spiro atoms. The Morgan fingerprint density at radius 3 is 2.97 bits per heavy atom. The maximum Gasteiger partial charge on any atom is 0.130 e. The Balaban J connectivity index is 1.48. The highest BCUT2D eigenvalue weighted by molar-refractivity contribution is 5.94. The van der Waals surface area contributed by atoms with E-state index in [9.17, 15) is 4.39 Å². The van der Waals surface area contributed by atoms with Crippen molar-refractivity contribution in [3.8, 4) is 17.3 Å². The molecule has 3 aromatic rings. The van der Waals surface area contributed by atoms with Crippen LogP contribution in [0.4, 0.5) is 4.39 Å². The number of nitrogens with zero attached hydrogens (tertiary/aromatic N) is 3. The fourth-order valence-electron chi connectivity index (χ4n) is 3.69. The minimum atomic E-state index is -0.250. The van der Waals surface area contributed by atoms with Gasteiger partial charge in [0.1, 0.15) is 17.5 Å². The van der Waals surface area contributed by atoms with Crippen molar-refractivity contribution in [1.29, 1.82) is 10.7 Å². The van der Waals surface area contributed by atoms with Gasteiger partial charge in [0.05, 0.1) is 29.6 Å². The third kappa shape index (κ3) is 4.09. The Labute approximate surface area is 168 Å². The van der Waals surface area contributed by atoms with Crippen LogP contribution in [0.2, 0.25) is 0 Å². The van der Waals surface area contributed by atoms with E-state index in [-0.39, 0.29) is 11.9 Å². The molecule has 144 valence electrons. The SMILES string of the molecule is N#Cc1cccc(-c2cnc(/C=C\C(=N)N3CCCC3c3cccc(F)c3)[nH]2)c1. The first-order valence-electron chi connectivity index (χ1n) is 9.48. The first-order chi connectivity index (χ1) is 14.1. The minimum absolute atomic E-state index is 0.0173. The van der Waals surface area contributed by atoms with Crippen LogP contribution < -0.4 is 0 Å². The highest BCUT2D eigenvalue weighted by Gasteiger charge is 2.27. The maximum atomic E-state index is 13.6. The number of nitrogens with one attached hydrogen (secondary N) is 2. The van der Waals surface area contributed by atoms with E-state index in [1.165, 1.54) is 6.07 Å². The summed E-state index contributed by atoms with van der Waals surface area (Å²) in [6.07, 6.45) is 7.06. The number of aromatic nitrogens is 2. The summed E-state index contributed by atoms with van der Waals surface area (Å²) in [5, 5.41) is 17.5. The number of rotatable bonds is 4. The summed E-state index contributed by atoms with van der Waals surface area (Å²) in [6.45, 7) is 0.773. The molecule has 2 aromatic carbocycles. The molecule has 6 heteroatoms. The third-order valence-corrected chi connectivity index (χ3v) is 5.09. The Hall–Kier alpha value is -3.72. The molecule has 5 nitrogen and oxygen atoms in total. The van der Waals surface area contributed by atoms with Gasteiger partial charge < -0.3 is 9.88 Å². The molecule has 1 saturated heterocycles. The van der Waals surface area contributed by atoms with E-state index in [4.69, 9.17) is 10.7 Å². The largest absolute Gasteiger partial charge is 0.350 e. The summed E-state index contributed by atoms with van der Waals surface area (Å²) in [5.41, 5.74) is 3.19. The number of hydrogen-bond donors (Lipinski definition) is 2. The smallest absolute Gasteiger partial charge is 0.130 e. The molecular weight excluding hydrogens is 365 g/mol. The van der Waals surface area contributed by atoms with Gasteiger partial charge in [0.15, 0.2) is 0 Å². The van der Waals surface area contributed by atoms with Gasteiger partial charge in [-0.2, -0.15) is 5.26 Å². The lowest BCUT2D eigenvalue weighted by molar-refractivity contribution is 0.399. The fraction of sp³-hybridized carbons (Fsp3) is 0.174. The molecule has 1 aliphatic rings. The fourth-order valence-corrected chi connectivity index (χ4v) is 3.69. The third-order valence-electron chi connectivity index (χ3n) is 5.09. The van der Waals surface area contributed by atoms with Crippen LogP contribution in [-0.4, -0.2) is 27.2 Å². The van der Waals surface area contributed by atoms with Gasteiger partial charge >= 0.3 is 0 Å². The molecule has 2 N–H and O–H groups in total. The second kappa shape index (κ2) is 8.11. The van der Waals surface area contributed by atoms with E-state index in [1.807, 2.05) is 23.1 Å². The number of benzene rings is 2. The topological polar surface area (TPSA) is 79.6 Å². The minimum Gasteiger partial charge on any atom is -0.350 e. The van der Waals surface area contributed by atoms with Gasteiger partial charge in [0.25, 0.3) is 0 Å². The number of hydrogen-bond acceptors (Lipinski definition) is 3. The molecule has 1 unspecified atom stereocenters. The van der Waals surface area contributed by atoms with Crippen molar-refractivity contribution in [2.45, 2.75) is 18.9 Å². The number of likely N-dealkylation sites (tertiary alicyclic amines) is 1. The second-order valence-electron chi connectivity index (χ2n) is 7.00. The van der Waals surface area contributed by atoms with Crippen molar-refractivity contribution < 1.29 is 4.39 Å². The predicted molar refractivity (Wildman–Crippen MR) is 111 cm³/mol. The molecule has 29 heavy (non-hydrogen) atoms. The van der Waals surface area contributed by atoms with E-state index in [0.29, 0.717) is 17.2 Å². The average Bonchev–Trinajstić information content (AvgIpc) is 3.42. The summed E-state index contributed by atoms with van der Waals surface area (Å²) >= 11 is 0. The highest BCUT2D eigenvalue weighted by Crippen LogP contribution is 2.32. The molecule has 0 aliphatic carbocycles. The molecule has 4 rings (SSSR count). The Morgan fingerprint density at radius 1 is 1.28 bits per heavy atom. The zero-order valence-corrected chi connectivity index (χ0v) is 15.8. The van der Waals surface area contributed by atoms with Crippen molar-refractivity contribution in [3.63, 3.8) is 0 Å². The van der Waals surface area contributed by atoms with Crippen LogP contribution in [0.15, 0.2) is 60.8 Å². The molecular formula is C23H20FN5. The number of aromatic amines is 1. The molecule has 1 atom stereocenters. The standard InChI is InChI=1S/C23H20FN5/c24-19-7-2-6-18(13-19)21-8-3-11-29(21)22(26)9-10-23-27-15-20(28-23)17-5-1-4-16(12-17)14-25/h1-2,4-7,9-10,12-13,15,21,26H,3,8,11H2,(H,27,28)/b10-9-,26-22?. The Morgan fingerprint density at radius 2 is 2.14 bits per heavy atom. The Kier molecular flexibility index (Phi) is 5.21. The van der Waals surface area contributed by atoms with Crippen LogP contribution in [0, 0.1) is 22.6 Å². The quantitative estimate of drug-likeness (QED) is 0.494. The van der Waals surface area contributed by atoms with Crippen LogP contribution in [0.1, 0.15) is 35.8 Å². The number of halogens is 1. The van der Waals surface area contributed by atoms with Crippen molar-refractivity contribution in [2.75, 3.05) is 6.54 Å². The van der Waals surface area contributed by atoms with Crippen LogP contribution in [-0.2, 0) is 0 Å². The normalized spacial score (nSPS) is 16.3. The van der Waals surface area contributed by atoms with E-state index in [0.717, 1.165) is 36.2 Å². The van der Waals surface area contributed by atoms with Gasteiger partial charge in [-0.05, 0) is 54.8 Å². The second-order valence-corrected chi connectivity index (χ2v) is 7.00. The molecule has 2 heterocycles. The summed E-state index contributed by atoms with van der Waals surface area (Å²) < 4.78 is 13.6. The van der Waals surface area contributed by atoms with Crippen molar-refractivity contribution >= 4 is 11.9 Å². The van der Waals surface area contributed by atoms with Gasteiger partial charge in [0.2, 0.25) is 0 Å². The molecule has 1 aromatic heterocycles. The summed E-state index contributed by atoms with van der Waals surface area (Å²) in [7, 11) is 0. The molecule has 0 radical (unpaired) electrons. The number of H-pyrrole nitrogens is 1. The van der Waals surface area contributed by atoms with E-state index in [1.54, 1.807) is 42.6 Å². The summed E-state index contributed by atoms with van der Waals surface area (Å²) in [4.78, 5) is 9.54. The molecule has 0 saturated carbocycles. The van der Waals surface area contributed by atoms with Gasteiger partial charge in [-0.1, -0.05) is 24.3 Å². The van der Waals surface area contributed by atoms with Crippen LogP contribution in [0.3, 0.4) is 0 Å². The van der Waals surface area contributed by atoms with Crippen molar-refractivity contribution in [3.05, 3.63) is 83.6 Å². The lowest BCUT2D eigenvalue weighted by Crippen LogP contribution is -2.28. The maximum absolute atomic E-state index is 13.6. The van der Waals surface area contributed by atoms with Crippen LogP contribution in [0.25, 0.3) is 17.3 Å². The number of nitriles is 1. The lowest BCUT2D eigenvalue weighted by Gasteiger charge is -2.26. The lowest BCUT2D eigenvalue weighted by atomic mass is 10.0. The van der Waals surface area contributed by atoms with E-state index < -0.39 is 0 Å². The molecule has 0 bridgehead atoms. The van der Waals surface area contributed by atoms with E-state index in [2.05, 4.69) is 16.0 Å².